The number of nitrogens with one attached hydrogen (secondary N) is 1. The molecule has 0 spiro atoms. The van der Waals surface area contributed by atoms with E-state index in [0.717, 1.165) is 35.7 Å². The molecule has 0 radical (unpaired) electrons. The SMILES string of the molecule is C=Cc1nc(-c2ccc(O)c(OCC)c2)c(NC2CCCCC2)n1C=C. The number of rotatable bonds is 7. The Balaban J connectivity index is 2.05. The van der Waals surface area contributed by atoms with Crippen molar-refractivity contribution in [3.63, 3.8) is 0 Å². The van der Waals surface area contributed by atoms with Crippen LogP contribution in [0.4, 0.5) is 5.82 Å². The zero-order valence-corrected chi connectivity index (χ0v) is 15.4. The number of aromatic hydroxyl groups is 1. The fraction of sp³-hybridized carbons (Fsp3) is 0.381. The first-order valence-electron chi connectivity index (χ1n) is 9.27. The molecule has 1 heterocycles. The number of anilines is 1. The Hall–Kier alpha value is -2.69. The standard InChI is InChI=1S/C21H27N3O2/c1-4-19-23-20(15-12-13-17(25)18(14-15)26-6-3)21(24(19)5-2)22-16-10-8-7-9-11-16/h4-5,12-14,16,22,25H,1-2,6-11H2,3H3. The molecular formula is C21H27N3O2. The van der Waals surface area contributed by atoms with Gasteiger partial charge in [0.2, 0.25) is 0 Å². The molecule has 2 aromatic rings. The second kappa shape index (κ2) is 8.13. The lowest BCUT2D eigenvalue weighted by molar-refractivity contribution is 0.318. The van der Waals surface area contributed by atoms with Crippen LogP contribution in [-0.2, 0) is 0 Å². The zero-order valence-electron chi connectivity index (χ0n) is 15.4. The van der Waals surface area contributed by atoms with Crippen molar-refractivity contribution in [3.05, 3.63) is 37.2 Å². The van der Waals surface area contributed by atoms with Gasteiger partial charge in [0.05, 0.1) is 6.61 Å². The first-order valence-corrected chi connectivity index (χ1v) is 9.27. The molecular weight excluding hydrogens is 326 g/mol. The van der Waals surface area contributed by atoms with Gasteiger partial charge in [-0.05, 0) is 44.0 Å². The average Bonchev–Trinajstić information content (AvgIpc) is 3.02. The molecule has 1 fully saturated rings. The molecule has 0 unspecified atom stereocenters. The molecule has 26 heavy (non-hydrogen) atoms. The van der Waals surface area contributed by atoms with Crippen LogP contribution in [0.2, 0.25) is 0 Å². The minimum Gasteiger partial charge on any atom is -0.504 e. The maximum absolute atomic E-state index is 10.00. The number of hydrogen-bond donors (Lipinski definition) is 2. The van der Waals surface area contributed by atoms with Crippen LogP contribution in [0.3, 0.4) is 0 Å². The van der Waals surface area contributed by atoms with E-state index in [9.17, 15) is 5.11 Å². The monoisotopic (exact) mass is 353 g/mol. The smallest absolute Gasteiger partial charge is 0.161 e. The van der Waals surface area contributed by atoms with Gasteiger partial charge in [-0.15, -0.1) is 0 Å². The van der Waals surface area contributed by atoms with Crippen molar-refractivity contribution >= 4 is 18.1 Å². The molecule has 3 rings (SSSR count). The van der Waals surface area contributed by atoms with Crippen molar-refractivity contribution in [1.29, 1.82) is 0 Å². The summed E-state index contributed by atoms with van der Waals surface area (Å²) in [5.41, 5.74) is 1.69. The van der Waals surface area contributed by atoms with Crippen LogP contribution in [0.5, 0.6) is 11.5 Å². The lowest BCUT2D eigenvalue weighted by Gasteiger charge is -2.24. The lowest BCUT2D eigenvalue weighted by atomic mass is 9.95. The molecule has 1 saturated carbocycles. The van der Waals surface area contributed by atoms with Gasteiger partial charge in [-0.1, -0.05) is 32.4 Å². The van der Waals surface area contributed by atoms with Gasteiger partial charge in [0.15, 0.2) is 11.5 Å². The van der Waals surface area contributed by atoms with E-state index < -0.39 is 0 Å². The maximum Gasteiger partial charge on any atom is 0.161 e. The number of hydrogen-bond acceptors (Lipinski definition) is 4. The van der Waals surface area contributed by atoms with Crippen molar-refractivity contribution < 1.29 is 9.84 Å². The van der Waals surface area contributed by atoms with E-state index in [1.54, 1.807) is 18.3 Å². The summed E-state index contributed by atoms with van der Waals surface area (Å²) in [5.74, 6) is 2.24. The largest absolute Gasteiger partial charge is 0.504 e. The Morgan fingerprint density at radius 2 is 2.08 bits per heavy atom. The Kier molecular flexibility index (Phi) is 5.66. The molecule has 138 valence electrons. The molecule has 0 aliphatic heterocycles. The van der Waals surface area contributed by atoms with E-state index in [2.05, 4.69) is 18.5 Å². The van der Waals surface area contributed by atoms with Gasteiger partial charge in [0.1, 0.15) is 17.3 Å². The van der Waals surface area contributed by atoms with Crippen LogP contribution in [0.15, 0.2) is 31.4 Å². The van der Waals surface area contributed by atoms with Crippen LogP contribution in [-0.4, -0.2) is 27.3 Å². The van der Waals surface area contributed by atoms with Crippen molar-refractivity contribution in [2.75, 3.05) is 11.9 Å². The Morgan fingerprint density at radius 3 is 2.73 bits per heavy atom. The number of phenols is 1. The van der Waals surface area contributed by atoms with Crippen molar-refractivity contribution in [2.24, 2.45) is 0 Å². The van der Waals surface area contributed by atoms with Crippen molar-refractivity contribution in [2.45, 2.75) is 45.1 Å². The zero-order chi connectivity index (χ0) is 18.5. The molecule has 0 saturated heterocycles. The topological polar surface area (TPSA) is 59.3 Å². The summed E-state index contributed by atoms with van der Waals surface area (Å²) in [5, 5.41) is 13.7. The molecule has 5 nitrogen and oxygen atoms in total. The normalized spacial score (nSPS) is 14.8. The van der Waals surface area contributed by atoms with Crippen LogP contribution in [0.1, 0.15) is 44.9 Å². The second-order valence-electron chi connectivity index (χ2n) is 6.52. The lowest BCUT2D eigenvalue weighted by Crippen LogP contribution is -2.23. The van der Waals surface area contributed by atoms with E-state index in [1.165, 1.54) is 19.3 Å². The third-order valence-electron chi connectivity index (χ3n) is 4.78. The highest BCUT2D eigenvalue weighted by atomic mass is 16.5. The number of nitrogens with zero attached hydrogens (tertiary/aromatic N) is 2. The molecule has 0 amide bonds. The van der Waals surface area contributed by atoms with E-state index in [4.69, 9.17) is 9.72 Å². The van der Waals surface area contributed by atoms with Crippen molar-refractivity contribution in [1.82, 2.24) is 9.55 Å². The maximum atomic E-state index is 10.00. The number of imidazole rings is 1. The Labute approximate surface area is 155 Å². The summed E-state index contributed by atoms with van der Waals surface area (Å²) in [6, 6.07) is 5.75. The molecule has 0 atom stereocenters. The summed E-state index contributed by atoms with van der Waals surface area (Å²) in [4.78, 5) is 4.74. The predicted molar refractivity (Wildman–Crippen MR) is 107 cm³/mol. The van der Waals surface area contributed by atoms with Crippen molar-refractivity contribution in [3.8, 4) is 22.8 Å². The number of ether oxygens (including phenoxy) is 1. The molecule has 1 aliphatic carbocycles. The van der Waals surface area contributed by atoms with Gasteiger partial charge in [-0.2, -0.15) is 0 Å². The second-order valence-corrected chi connectivity index (χ2v) is 6.52. The quantitative estimate of drug-likeness (QED) is 0.723. The van der Waals surface area contributed by atoms with E-state index in [-0.39, 0.29) is 5.75 Å². The van der Waals surface area contributed by atoms with Gasteiger partial charge < -0.3 is 15.2 Å². The Morgan fingerprint density at radius 1 is 1.31 bits per heavy atom. The van der Waals surface area contributed by atoms with Crippen LogP contribution >= 0.6 is 0 Å². The number of aromatic nitrogens is 2. The molecule has 2 N–H and O–H groups in total. The summed E-state index contributed by atoms with van der Waals surface area (Å²) in [6.07, 6.45) is 9.59. The summed E-state index contributed by atoms with van der Waals surface area (Å²) in [6.45, 7) is 10.2. The van der Waals surface area contributed by atoms with Gasteiger partial charge >= 0.3 is 0 Å². The first kappa shape index (κ1) is 18.1. The van der Waals surface area contributed by atoms with Gasteiger partial charge in [-0.3, -0.25) is 4.57 Å². The highest BCUT2D eigenvalue weighted by molar-refractivity contribution is 5.77. The van der Waals surface area contributed by atoms with Crippen LogP contribution in [0, 0.1) is 0 Å². The van der Waals surface area contributed by atoms with E-state index in [0.29, 0.717) is 18.4 Å². The summed E-state index contributed by atoms with van der Waals surface area (Å²) in [7, 11) is 0. The molecule has 5 heteroatoms. The van der Waals surface area contributed by atoms with Gasteiger partial charge in [0.25, 0.3) is 0 Å². The number of phenolic OH excluding ortho intramolecular Hbond substituents is 1. The first-order chi connectivity index (χ1) is 12.7. The third-order valence-corrected chi connectivity index (χ3v) is 4.78. The van der Waals surface area contributed by atoms with Gasteiger partial charge in [-0.25, -0.2) is 4.98 Å². The Bertz CT molecular complexity index is 789. The minimum absolute atomic E-state index is 0.129. The fourth-order valence-corrected chi connectivity index (χ4v) is 3.49. The van der Waals surface area contributed by atoms with Crippen LogP contribution < -0.4 is 10.1 Å². The molecule has 1 aliphatic rings. The number of benzene rings is 1. The molecule has 1 aromatic heterocycles. The highest BCUT2D eigenvalue weighted by Gasteiger charge is 2.21. The fourth-order valence-electron chi connectivity index (χ4n) is 3.49. The summed E-state index contributed by atoms with van der Waals surface area (Å²) >= 11 is 0. The third kappa shape index (κ3) is 3.62. The van der Waals surface area contributed by atoms with E-state index >= 15 is 0 Å². The highest BCUT2D eigenvalue weighted by Crippen LogP contribution is 2.36. The summed E-state index contributed by atoms with van der Waals surface area (Å²) < 4.78 is 7.47. The average molecular weight is 353 g/mol. The molecule has 1 aromatic carbocycles. The molecule has 0 bridgehead atoms. The minimum atomic E-state index is 0.129. The van der Waals surface area contributed by atoms with E-state index in [1.807, 2.05) is 23.6 Å². The van der Waals surface area contributed by atoms with Gasteiger partial charge in [0, 0.05) is 17.8 Å². The predicted octanol–water partition coefficient (Wildman–Crippen LogP) is 5.14. The van der Waals surface area contributed by atoms with Crippen LogP contribution in [0.25, 0.3) is 23.5 Å².